The monoisotopic (exact) mass is 310 g/mol. The van der Waals surface area contributed by atoms with Crippen molar-refractivity contribution in [1.82, 2.24) is 4.90 Å². The van der Waals surface area contributed by atoms with E-state index in [1.165, 1.54) is 16.7 Å². The fourth-order valence-corrected chi connectivity index (χ4v) is 3.22. The van der Waals surface area contributed by atoms with Crippen LogP contribution in [-0.4, -0.2) is 31.2 Å². The molecule has 23 heavy (non-hydrogen) atoms. The Hall–Kier alpha value is -2.33. The first-order valence-electron chi connectivity index (χ1n) is 7.98. The number of rotatable bonds is 3. The smallest absolute Gasteiger partial charge is 0.411 e. The lowest BCUT2D eigenvalue weighted by molar-refractivity contribution is 0.168. The molecule has 1 aliphatic heterocycles. The summed E-state index contributed by atoms with van der Waals surface area (Å²) in [6.07, 6.45) is -0.398. The molecule has 4 heteroatoms. The van der Waals surface area contributed by atoms with Crippen LogP contribution in [0.2, 0.25) is 0 Å². The highest BCUT2D eigenvalue weighted by Crippen LogP contribution is 2.36. The normalized spacial score (nSPS) is 17.4. The second-order valence-electron chi connectivity index (χ2n) is 5.88. The lowest BCUT2D eigenvalue weighted by Crippen LogP contribution is -2.32. The zero-order chi connectivity index (χ0) is 16.2. The highest BCUT2D eigenvalue weighted by Gasteiger charge is 2.26. The predicted molar refractivity (Wildman–Crippen MR) is 91.7 cm³/mol. The van der Waals surface area contributed by atoms with Crippen molar-refractivity contribution < 1.29 is 9.53 Å². The summed E-state index contributed by atoms with van der Waals surface area (Å²) in [4.78, 5) is 14.1. The number of carbonyl (C=O) groups excluding carboxylic acids is 1. The molecule has 0 fully saturated rings. The third kappa shape index (κ3) is 3.37. The van der Waals surface area contributed by atoms with Crippen LogP contribution in [0.25, 0.3) is 0 Å². The Morgan fingerprint density at radius 1 is 1.22 bits per heavy atom. The number of amides is 1. The van der Waals surface area contributed by atoms with E-state index in [1.54, 1.807) is 6.92 Å². The molecule has 0 spiro atoms. The summed E-state index contributed by atoms with van der Waals surface area (Å²) in [5, 5.41) is 2.88. The van der Waals surface area contributed by atoms with E-state index in [-0.39, 0.29) is 0 Å². The molecule has 2 aromatic rings. The van der Waals surface area contributed by atoms with Crippen LogP contribution in [0.5, 0.6) is 0 Å². The number of ether oxygens (including phenoxy) is 1. The molecule has 0 aromatic heterocycles. The molecule has 0 saturated carbocycles. The first-order valence-corrected chi connectivity index (χ1v) is 7.98. The Labute approximate surface area is 137 Å². The SMILES string of the molecule is CCOC(=O)Nc1cccc2c1CN(C)C[C@H]2c1ccccc1. The summed E-state index contributed by atoms with van der Waals surface area (Å²) in [6, 6.07) is 16.6. The number of hydrogen-bond acceptors (Lipinski definition) is 3. The summed E-state index contributed by atoms with van der Waals surface area (Å²) < 4.78 is 5.01. The Morgan fingerprint density at radius 2 is 2.00 bits per heavy atom. The van der Waals surface area contributed by atoms with Crippen molar-refractivity contribution in [3.8, 4) is 0 Å². The minimum absolute atomic E-state index is 0.314. The van der Waals surface area contributed by atoms with Crippen LogP contribution in [0.1, 0.15) is 29.5 Å². The first kappa shape index (κ1) is 15.6. The zero-order valence-electron chi connectivity index (χ0n) is 13.6. The second kappa shape index (κ2) is 6.84. The van der Waals surface area contributed by atoms with Crippen LogP contribution in [-0.2, 0) is 11.3 Å². The predicted octanol–water partition coefficient (Wildman–Crippen LogP) is 3.83. The van der Waals surface area contributed by atoms with Crippen LogP contribution in [0.4, 0.5) is 10.5 Å². The van der Waals surface area contributed by atoms with Crippen LogP contribution in [0.3, 0.4) is 0 Å². The largest absolute Gasteiger partial charge is 0.450 e. The van der Waals surface area contributed by atoms with E-state index in [2.05, 4.69) is 47.6 Å². The van der Waals surface area contributed by atoms with Crippen molar-refractivity contribution in [3.63, 3.8) is 0 Å². The lowest BCUT2D eigenvalue weighted by Gasteiger charge is -2.33. The number of benzene rings is 2. The average molecular weight is 310 g/mol. The molecule has 0 saturated heterocycles. The van der Waals surface area contributed by atoms with E-state index in [0.717, 1.165) is 18.8 Å². The minimum Gasteiger partial charge on any atom is -0.450 e. The number of likely N-dealkylation sites (N-methyl/N-ethyl adjacent to an activating group) is 1. The van der Waals surface area contributed by atoms with Gasteiger partial charge in [-0.25, -0.2) is 4.79 Å². The molecule has 0 radical (unpaired) electrons. The molecule has 1 atom stereocenters. The Bertz CT molecular complexity index is 685. The van der Waals surface area contributed by atoms with E-state index in [0.29, 0.717) is 12.5 Å². The average Bonchev–Trinajstić information content (AvgIpc) is 2.56. The first-order chi connectivity index (χ1) is 11.2. The van der Waals surface area contributed by atoms with Crippen molar-refractivity contribution in [3.05, 3.63) is 65.2 Å². The number of hydrogen-bond donors (Lipinski definition) is 1. The molecule has 0 aliphatic carbocycles. The molecule has 1 aliphatic rings. The van der Waals surface area contributed by atoms with Crippen molar-refractivity contribution in [2.24, 2.45) is 0 Å². The van der Waals surface area contributed by atoms with Crippen molar-refractivity contribution in [2.75, 3.05) is 25.5 Å². The van der Waals surface area contributed by atoms with Crippen molar-refractivity contribution in [2.45, 2.75) is 19.4 Å². The lowest BCUT2D eigenvalue weighted by atomic mass is 9.84. The van der Waals surface area contributed by atoms with Gasteiger partial charge in [-0.2, -0.15) is 0 Å². The summed E-state index contributed by atoms with van der Waals surface area (Å²) in [5.41, 5.74) is 4.59. The van der Waals surface area contributed by atoms with Gasteiger partial charge in [0.05, 0.1) is 6.61 Å². The molecular weight excluding hydrogens is 288 g/mol. The summed E-state index contributed by atoms with van der Waals surface area (Å²) in [5.74, 6) is 0.314. The Kier molecular flexibility index (Phi) is 4.63. The van der Waals surface area contributed by atoms with Gasteiger partial charge in [-0.05, 0) is 36.7 Å². The molecule has 0 bridgehead atoms. The fourth-order valence-electron chi connectivity index (χ4n) is 3.22. The fraction of sp³-hybridized carbons (Fsp3) is 0.316. The van der Waals surface area contributed by atoms with E-state index in [9.17, 15) is 4.79 Å². The molecular formula is C19H22N2O2. The van der Waals surface area contributed by atoms with Gasteiger partial charge < -0.3 is 9.64 Å². The molecule has 2 aromatic carbocycles. The molecule has 120 valence electrons. The van der Waals surface area contributed by atoms with E-state index in [4.69, 9.17) is 4.74 Å². The minimum atomic E-state index is -0.398. The molecule has 0 unspecified atom stereocenters. The standard InChI is InChI=1S/C19H22N2O2/c1-3-23-19(22)20-18-11-7-10-15-16(12-21(2)13-17(15)18)14-8-5-4-6-9-14/h4-11,16H,3,12-13H2,1-2H3,(H,20,22)/t16-/m0/s1. The van der Waals surface area contributed by atoms with E-state index >= 15 is 0 Å². The quantitative estimate of drug-likeness (QED) is 0.936. The molecule has 1 N–H and O–H groups in total. The van der Waals surface area contributed by atoms with Gasteiger partial charge in [-0.3, -0.25) is 5.32 Å². The van der Waals surface area contributed by atoms with Crippen LogP contribution >= 0.6 is 0 Å². The highest BCUT2D eigenvalue weighted by molar-refractivity contribution is 5.86. The van der Waals surface area contributed by atoms with Gasteiger partial charge in [0.25, 0.3) is 0 Å². The maximum atomic E-state index is 11.8. The van der Waals surface area contributed by atoms with Gasteiger partial charge >= 0.3 is 6.09 Å². The third-order valence-corrected chi connectivity index (χ3v) is 4.22. The van der Waals surface area contributed by atoms with Crippen LogP contribution < -0.4 is 5.32 Å². The summed E-state index contributed by atoms with van der Waals surface area (Å²) >= 11 is 0. The van der Waals surface area contributed by atoms with Crippen LogP contribution in [0, 0.1) is 0 Å². The number of nitrogens with zero attached hydrogens (tertiary/aromatic N) is 1. The van der Waals surface area contributed by atoms with Crippen LogP contribution in [0.15, 0.2) is 48.5 Å². The zero-order valence-corrected chi connectivity index (χ0v) is 13.6. The molecule has 4 nitrogen and oxygen atoms in total. The van der Waals surface area contributed by atoms with Gasteiger partial charge in [0.15, 0.2) is 0 Å². The second-order valence-corrected chi connectivity index (χ2v) is 5.88. The van der Waals surface area contributed by atoms with Gasteiger partial charge in [-0.1, -0.05) is 42.5 Å². The van der Waals surface area contributed by atoms with Crippen molar-refractivity contribution >= 4 is 11.8 Å². The number of anilines is 1. The summed E-state index contributed by atoms with van der Waals surface area (Å²) in [7, 11) is 2.11. The van der Waals surface area contributed by atoms with Gasteiger partial charge in [0, 0.05) is 24.7 Å². The number of fused-ring (bicyclic) bond motifs is 1. The maximum absolute atomic E-state index is 11.8. The Balaban J connectivity index is 1.97. The molecule has 3 rings (SSSR count). The number of carbonyl (C=O) groups is 1. The van der Waals surface area contributed by atoms with E-state index in [1.807, 2.05) is 18.2 Å². The topological polar surface area (TPSA) is 41.6 Å². The Morgan fingerprint density at radius 3 is 2.74 bits per heavy atom. The van der Waals surface area contributed by atoms with Gasteiger partial charge in [-0.15, -0.1) is 0 Å². The van der Waals surface area contributed by atoms with E-state index < -0.39 is 6.09 Å². The highest BCUT2D eigenvalue weighted by atomic mass is 16.5. The van der Waals surface area contributed by atoms with Crippen molar-refractivity contribution in [1.29, 1.82) is 0 Å². The van der Waals surface area contributed by atoms with Gasteiger partial charge in [0.1, 0.15) is 0 Å². The third-order valence-electron chi connectivity index (χ3n) is 4.22. The molecule has 1 amide bonds. The maximum Gasteiger partial charge on any atom is 0.411 e. The number of nitrogens with one attached hydrogen (secondary N) is 1. The summed E-state index contributed by atoms with van der Waals surface area (Å²) in [6.45, 7) is 3.97. The van der Waals surface area contributed by atoms with Gasteiger partial charge in [0.2, 0.25) is 0 Å². The molecule has 1 heterocycles.